The first-order chi connectivity index (χ1) is 9.92. The van der Waals surface area contributed by atoms with Gasteiger partial charge in [0, 0.05) is 18.2 Å². The third-order valence-electron chi connectivity index (χ3n) is 3.07. The molecule has 2 aromatic rings. The van der Waals surface area contributed by atoms with E-state index in [4.69, 9.17) is 0 Å². The second kappa shape index (κ2) is 5.87. The molecule has 0 unspecified atom stereocenters. The molecule has 0 aliphatic heterocycles. The first kappa shape index (κ1) is 14.9. The number of rotatable bonds is 4. The maximum absolute atomic E-state index is 14.2. The molecule has 1 aromatic carbocycles. The highest BCUT2D eigenvalue weighted by Crippen LogP contribution is 2.30. The number of hydrogen-bond acceptors (Lipinski definition) is 4. The fourth-order valence-electron chi connectivity index (χ4n) is 2.26. The highest BCUT2D eigenvalue weighted by atomic mass is 19.1. The molecule has 2 rings (SSSR count). The van der Waals surface area contributed by atoms with Gasteiger partial charge in [-0.15, -0.1) is 0 Å². The van der Waals surface area contributed by atoms with Gasteiger partial charge in [-0.3, -0.25) is 10.1 Å². The monoisotopic (exact) mass is 289 g/mol. The fourth-order valence-corrected chi connectivity index (χ4v) is 2.26. The van der Waals surface area contributed by atoms with Crippen LogP contribution in [0.4, 0.5) is 15.9 Å². The summed E-state index contributed by atoms with van der Waals surface area (Å²) in [5, 5.41) is 13.9. The quantitative estimate of drug-likeness (QED) is 0.685. The first-order valence-corrected chi connectivity index (χ1v) is 6.60. The van der Waals surface area contributed by atoms with Crippen LogP contribution in [0, 0.1) is 29.8 Å². The molecule has 0 spiro atoms. The fraction of sp³-hybridized carbons (Fsp3) is 0.267. The van der Waals surface area contributed by atoms with Gasteiger partial charge in [0.1, 0.15) is 11.6 Å². The summed E-state index contributed by atoms with van der Waals surface area (Å²) in [6.45, 7) is 5.99. The van der Waals surface area contributed by atoms with Crippen molar-refractivity contribution in [3.63, 3.8) is 0 Å². The molecule has 0 amide bonds. The second-order valence-corrected chi connectivity index (χ2v) is 4.82. The molecular weight excluding hydrogens is 273 g/mol. The largest absolute Gasteiger partial charge is 0.370 e. The average Bonchev–Trinajstić information content (AvgIpc) is 2.37. The van der Waals surface area contributed by atoms with Gasteiger partial charge >= 0.3 is 0 Å². The van der Waals surface area contributed by atoms with Crippen LogP contribution in [0.3, 0.4) is 0 Å². The summed E-state index contributed by atoms with van der Waals surface area (Å²) >= 11 is 0. The number of aryl methyl sites for hydroxylation is 2. The van der Waals surface area contributed by atoms with Crippen molar-refractivity contribution in [3.8, 4) is 11.3 Å². The molecule has 1 heterocycles. The van der Waals surface area contributed by atoms with E-state index in [9.17, 15) is 14.5 Å². The molecule has 0 fully saturated rings. The van der Waals surface area contributed by atoms with Gasteiger partial charge < -0.3 is 5.32 Å². The van der Waals surface area contributed by atoms with Gasteiger partial charge in [0.2, 0.25) is 0 Å². The van der Waals surface area contributed by atoms with Gasteiger partial charge in [-0.05, 0) is 38.0 Å². The van der Waals surface area contributed by atoms with Crippen LogP contribution in [0.15, 0.2) is 24.3 Å². The van der Waals surface area contributed by atoms with Crippen LogP contribution in [0.5, 0.6) is 0 Å². The molecule has 0 bridgehead atoms. The molecule has 0 saturated heterocycles. The Morgan fingerprint density at radius 3 is 2.57 bits per heavy atom. The van der Waals surface area contributed by atoms with Crippen LogP contribution in [0.25, 0.3) is 11.3 Å². The number of halogens is 1. The van der Waals surface area contributed by atoms with Crippen molar-refractivity contribution in [2.75, 3.05) is 11.9 Å². The van der Waals surface area contributed by atoms with E-state index in [1.165, 1.54) is 18.2 Å². The van der Waals surface area contributed by atoms with Crippen LogP contribution in [-0.2, 0) is 0 Å². The van der Waals surface area contributed by atoms with Gasteiger partial charge in [-0.2, -0.15) is 0 Å². The molecule has 0 atom stereocenters. The van der Waals surface area contributed by atoms with Gasteiger partial charge in [0.15, 0.2) is 0 Å². The van der Waals surface area contributed by atoms with Crippen molar-refractivity contribution in [1.29, 1.82) is 0 Å². The Labute approximate surface area is 122 Å². The maximum Gasteiger partial charge on any atom is 0.275 e. The zero-order chi connectivity index (χ0) is 15.6. The third kappa shape index (κ3) is 3.16. The highest BCUT2D eigenvalue weighted by molar-refractivity contribution is 5.69. The Morgan fingerprint density at radius 1 is 1.29 bits per heavy atom. The van der Waals surface area contributed by atoms with Crippen LogP contribution in [-0.4, -0.2) is 16.5 Å². The predicted octanol–water partition coefficient (Wildman–Crippen LogP) is 3.84. The van der Waals surface area contributed by atoms with Crippen molar-refractivity contribution in [2.45, 2.75) is 20.8 Å². The summed E-state index contributed by atoms with van der Waals surface area (Å²) in [7, 11) is 0. The molecule has 21 heavy (non-hydrogen) atoms. The summed E-state index contributed by atoms with van der Waals surface area (Å²) < 4.78 is 14.2. The van der Waals surface area contributed by atoms with E-state index in [1.807, 2.05) is 13.0 Å². The number of hydrogen-bond donors (Lipinski definition) is 1. The standard InChI is InChI=1S/C15H16FN3O2/c1-4-17-14-8-11(19(20)21)7-13(18-14)15-10(3)5-9(2)6-12(15)16/h5-8H,4H2,1-3H3,(H,17,18). The summed E-state index contributed by atoms with van der Waals surface area (Å²) in [5.41, 5.74) is 1.93. The molecule has 1 N–H and O–H groups in total. The Morgan fingerprint density at radius 2 is 2.00 bits per heavy atom. The third-order valence-corrected chi connectivity index (χ3v) is 3.07. The Bertz CT molecular complexity index is 678. The van der Waals surface area contributed by atoms with E-state index in [1.54, 1.807) is 13.8 Å². The molecule has 0 aliphatic rings. The molecule has 6 heteroatoms. The number of nitro groups is 1. The molecule has 110 valence electrons. The van der Waals surface area contributed by atoms with Crippen LogP contribution >= 0.6 is 0 Å². The zero-order valence-electron chi connectivity index (χ0n) is 12.1. The topological polar surface area (TPSA) is 68.1 Å². The lowest BCUT2D eigenvalue weighted by molar-refractivity contribution is -0.384. The summed E-state index contributed by atoms with van der Waals surface area (Å²) in [6.07, 6.45) is 0. The average molecular weight is 289 g/mol. The number of nitrogens with one attached hydrogen (secondary N) is 1. The van der Waals surface area contributed by atoms with Crippen molar-refractivity contribution >= 4 is 11.5 Å². The maximum atomic E-state index is 14.2. The molecular formula is C15H16FN3O2. The van der Waals surface area contributed by atoms with Crippen molar-refractivity contribution < 1.29 is 9.31 Å². The number of pyridine rings is 1. The second-order valence-electron chi connectivity index (χ2n) is 4.82. The number of anilines is 1. The van der Waals surface area contributed by atoms with E-state index in [-0.39, 0.29) is 11.4 Å². The van der Waals surface area contributed by atoms with Crippen LogP contribution in [0.1, 0.15) is 18.1 Å². The van der Waals surface area contributed by atoms with Gasteiger partial charge in [-0.25, -0.2) is 9.37 Å². The summed E-state index contributed by atoms with van der Waals surface area (Å²) in [5.74, 6) is -0.0657. The normalized spacial score (nSPS) is 10.5. The van der Waals surface area contributed by atoms with Crippen LogP contribution in [0.2, 0.25) is 0 Å². The van der Waals surface area contributed by atoms with E-state index in [0.29, 0.717) is 23.5 Å². The number of benzene rings is 1. The van der Waals surface area contributed by atoms with Crippen molar-refractivity contribution in [1.82, 2.24) is 4.98 Å². The van der Waals surface area contributed by atoms with Crippen molar-refractivity contribution in [2.24, 2.45) is 0 Å². The molecule has 1 aromatic heterocycles. The smallest absolute Gasteiger partial charge is 0.275 e. The van der Waals surface area contributed by atoms with E-state index < -0.39 is 10.7 Å². The molecule has 0 aliphatic carbocycles. The summed E-state index contributed by atoms with van der Waals surface area (Å²) in [6, 6.07) is 5.86. The van der Waals surface area contributed by atoms with Gasteiger partial charge in [0.25, 0.3) is 5.69 Å². The van der Waals surface area contributed by atoms with E-state index in [2.05, 4.69) is 10.3 Å². The lowest BCUT2D eigenvalue weighted by atomic mass is 10.0. The van der Waals surface area contributed by atoms with Crippen LogP contribution < -0.4 is 5.32 Å². The molecule has 0 saturated carbocycles. The van der Waals surface area contributed by atoms with Crippen molar-refractivity contribution in [3.05, 3.63) is 51.3 Å². The molecule has 5 nitrogen and oxygen atoms in total. The Hall–Kier alpha value is -2.50. The van der Waals surface area contributed by atoms with E-state index >= 15 is 0 Å². The lowest BCUT2D eigenvalue weighted by Crippen LogP contribution is -2.03. The minimum Gasteiger partial charge on any atom is -0.370 e. The SMILES string of the molecule is CCNc1cc([N+](=O)[O-])cc(-c2c(C)cc(C)cc2F)n1. The first-order valence-electron chi connectivity index (χ1n) is 6.60. The lowest BCUT2D eigenvalue weighted by Gasteiger charge is -2.10. The Balaban J connectivity index is 2.65. The zero-order valence-corrected chi connectivity index (χ0v) is 12.1. The number of aromatic nitrogens is 1. The predicted molar refractivity (Wildman–Crippen MR) is 79.9 cm³/mol. The molecule has 0 radical (unpaired) electrons. The minimum absolute atomic E-state index is 0.115. The summed E-state index contributed by atoms with van der Waals surface area (Å²) in [4.78, 5) is 14.8. The minimum atomic E-state index is -0.506. The Kier molecular flexibility index (Phi) is 4.16. The highest BCUT2D eigenvalue weighted by Gasteiger charge is 2.17. The number of nitrogens with zero attached hydrogens (tertiary/aromatic N) is 2. The van der Waals surface area contributed by atoms with Gasteiger partial charge in [-0.1, -0.05) is 6.07 Å². The van der Waals surface area contributed by atoms with Gasteiger partial charge in [0.05, 0.1) is 16.7 Å². The van der Waals surface area contributed by atoms with E-state index in [0.717, 1.165) is 5.56 Å².